The van der Waals surface area contributed by atoms with E-state index in [4.69, 9.17) is 9.47 Å². The highest BCUT2D eigenvalue weighted by atomic mass is 79.9. The molecule has 0 heterocycles. The fraction of sp³-hybridized carbons (Fsp3) is 0.278. The minimum absolute atomic E-state index is 0.000240. The zero-order chi connectivity index (χ0) is 16.5. The van der Waals surface area contributed by atoms with E-state index < -0.39 is 0 Å². The van der Waals surface area contributed by atoms with Crippen LogP contribution in [0.4, 0.5) is 0 Å². The Labute approximate surface area is 144 Å². The smallest absolute Gasteiger partial charge is 0.258 e. The largest absolute Gasteiger partial charge is 0.484 e. The Bertz CT molecular complexity index is 631. The first-order valence-corrected chi connectivity index (χ1v) is 8.22. The van der Waals surface area contributed by atoms with Gasteiger partial charge in [-0.1, -0.05) is 46.3 Å². The van der Waals surface area contributed by atoms with E-state index in [9.17, 15) is 4.79 Å². The van der Waals surface area contributed by atoms with Crippen LogP contribution in [-0.2, 0) is 16.1 Å². The van der Waals surface area contributed by atoms with E-state index in [0.29, 0.717) is 25.5 Å². The molecule has 5 heteroatoms. The van der Waals surface area contributed by atoms with Crippen LogP contribution in [0.2, 0.25) is 0 Å². The van der Waals surface area contributed by atoms with Crippen molar-refractivity contribution < 1.29 is 14.3 Å². The molecule has 0 unspecified atom stereocenters. The van der Waals surface area contributed by atoms with E-state index in [1.807, 2.05) is 55.5 Å². The molecular weight excluding hydrogens is 358 g/mol. The summed E-state index contributed by atoms with van der Waals surface area (Å²) in [5.74, 6) is 0.523. The molecule has 0 aliphatic rings. The highest BCUT2D eigenvalue weighted by Crippen LogP contribution is 2.21. The summed E-state index contributed by atoms with van der Waals surface area (Å²) >= 11 is 3.43. The number of carbonyl (C=O) groups is 1. The molecule has 0 aromatic heterocycles. The predicted octanol–water partition coefficient (Wildman–Crippen LogP) is 3.47. The van der Waals surface area contributed by atoms with E-state index in [2.05, 4.69) is 21.2 Å². The van der Waals surface area contributed by atoms with Gasteiger partial charge in [0.2, 0.25) is 0 Å². The summed E-state index contributed by atoms with van der Waals surface area (Å²) in [5.41, 5.74) is 2.19. The number of amides is 1. The number of rotatable bonds is 8. The van der Waals surface area contributed by atoms with Crippen LogP contribution in [0.1, 0.15) is 11.1 Å². The molecule has 0 bridgehead atoms. The normalized spacial score (nSPS) is 10.3. The Morgan fingerprint density at radius 3 is 2.70 bits per heavy atom. The van der Waals surface area contributed by atoms with Gasteiger partial charge >= 0.3 is 0 Å². The SMILES string of the molecule is Cc1cc(OCC(=O)NCCOCc2ccccc2)ccc1Br. The molecule has 0 spiro atoms. The summed E-state index contributed by atoms with van der Waals surface area (Å²) in [7, 11) is 0. The Morgan fingerprint density at radius 1 is 1.17 bits per heavy atom. The number of carbonyl (C=O) groups excluding carboxylic acids is 1. The van der Waals surface area contributed by atoms with Gasteiger partial charge < -0.3 is 14.8 Å². The molecule has 0 atom stereocenters. The van der Waals surface area contributed by atoms with Gasteiger partial charge in [0.15, 0.2) is 6.61 Å². The lowest BCUT2D eigenvalue weighted by atomic mass is 10.2. The molecule has 0 aliphatic heterocycles. The number of hydrogen-bond acceptors (Lipinski definition) is 3. The van der Waals surface area contributed by atoms with Crippen LogP contribution in [0.25, 0.3) is 0 Å². The van der Waals surface area contributed by atoms with Crippen molar-refractivity contribution in [2.45, 2.75) is 13.5 Å². The number of nitrogens with one attached hydrogen (secondary N) is 1. The average molecular weight is 378 g/mol. The summed E-state index contributed by atoms with van der Waals surface area (Å²) in [6, 6.07) is 15.5. The van der Waals surface area contributed by atoms with Crippen LogP contribution < -0.4 is 10.1 Å². The standard InChI is InChI=1S/C18H20BrNO3/c1-14-11-16(7-8-17(14)19)23-13-18(21)20-9-10-22-12-15-5-3-2-4-6-15/h2-8,11H,9-10,12-13H2,1H3,(H,20,21). The molecule has 0 saturated carbocycles. The van der Waals surface area contributed by atoms with Gasteiger partial charge in [-0.05, 0) is 36.2 Å². The third-order valence-corrected chi connectivity index (χ3v) is 4.07. The molecule has 0 aliphatic carbocycles. The second kappa shape index (κ2) is 9.33. The molecule has 0 fully saturated rings. The van der Waals surface area contributed by atoms with Crippen molar-refractivity contribution in [3.8, 4) is 5.75 Å². The fourth-order valence-electron chi connectivity index (χ4n) is 1.93. The number of ether oxygens (including phenoxy) is 2. The van der Waals surface area contributed by atoms with Crippen molar-refractivity contribution in [3.63, 3.8) is 0 Å². The molecule has 122 valence electrons. The van der Waals surface area contributed by atoms with Crippen LogP contribution >= 0.6 is 15.9 Å². The van der Waals surface area contributed by atoms with Crippen LogP contribution in [0.15, 0.2) is 53.0 Å². The number of benzene rings is 2. The van der Waals surface area contributed by atoms with Crippen molar-refractivity contribution in [3.05, 3.63) is 64.1 Å². The van der Waals surface area contributed by atoms with Crippen LogP contribution in [0.5, 0.6) is 5.75 Å². The first kappa shape index (κ1) is 17.5. The molecule has 1 amide bonds. The van der Waals surface area contributed by atoms with Gasteiger partial charge in [-0.25, -0.2) is 0 Å². The van der Waals surface area contributed by atoms with Gasteiger partial charge in [0.1, 0.15) is 5.75 Å². The minimum Gasteiger partial charge on any atom is -0.484 e. The van der Waals surface area contributed by atoms with Crippen LogP contribution in [-0.4, -0.2) is 25.7 Å². The fourth-order valence-corrected chi connectivity index (χ4v) is 2.18. The maximum Gasteiger partial charge on any atom is 0.258 e. The monoisotopic (exact) mass is 377 g/mol. The van der Waals surface area contributed by atoms with Gasteiger partial charge in [0.25, 0.3) is 5.91 Å². The maximum absolute atomic E-state index is 11.7. The quantitative estimate of drug-likeness (QED) is 0.716. The highest BCUT2D eigenvalue weighted by Gasteiger charge is 2.03. The van der Waals surface area contributed by atoms with Crippen molar-refractivity contribution in [2.24, 2.45) is 0 Å². The van der Waals surface area contributed by atoms with Crippen molar-refractivity contribution in [2.75, 3.05) is 19.8 Å². The zero-order valence-electron chi connectivity index (χ0n) is 13.0. The summed E-state index contributed by atoms with van der Waals surface area (Å²) < 4.78 is 12.0. The lowest BCUT2D eigenvalue weighted by Crippen LogP contribution is -2.31. The van der Waals surface area contributed by atoms with Gasteiger partial charge in [-0.2, -0.15) is 0 Å². The van der Waals surface area contributed by atoms with E-state index in [1.54, 1.807) is 0 Å². The lowest BCUT2D eigenvalue weighted by molar-refractivity contribution is -0.123. The average Bonchev–Trinajstić information content (AvgIpc) is 2.56. The number of hydrogen-bond donors (Lipinski definition) is 1. The topological polar surface area (TPSA) is 47.6 Å². The Kier molecular flexibility index (Phi) is 7.10. The van der Waals surface area contributed by atoms with E-state index >= 15 is 0 Å². The van der Waals surface area contributed by atoms with Crippen LogP contribution in [0.3, 0.4) is 0 Å². The predicted molar refractivity (Wildman–Crippen MR) is 93.5 cm³/mol. The van der Waals surface area contributed by atoms with E-state index in [1.165, 1.54) is 0 Å². The van der Waals surface area contributed by atoms with Crippen molar-refractivity contribution in [1.82, 2.24) is 5.32 Å². The van der Waals surface area contributed by atoms with Gasteiger partial charge in [0, 0.05) is 11.0 Å². The Hall–Kier alpha value is -1.85. The third-order valence-electron chi connectivity index (χ3n) is 3.18. The molecule has 23 heavy (non-hydrogen) atoms. The zero-order valence-corrected chi connectivity index (χ0v) is 14.6. The van der Waals surface area contributed by atoms with Crippen LogP contribution in [0, 0.1) is 6.92 Å². The number of aryl methyl sites for hydroxylation is 1. The van der Waals surface area contributed by atoms with Crippen molar-refractivity contribution >= 4 is 21.8 Å². The summed E-state index contributed by atoms with van der Waals surface area (Å²) in [6.07, 6.45) is 0. The Morgan fingerprint density at radius 2 is 1.96 bits per heavy atom. The van der Waals surface area contributed by atoms with Crippen molar-refractivity contribution in [1.29, 1.82) is 0 Å². The Balaban J connectivity index is 1.59. The number of halogens is 1. The molecular formula is C18H20BrNO3. The lowest BCUT2D eigenvalue weighted by Gasteiger charge is -2.09. The van der Waals surface area contributed by atoms with Gasteiger partial charge in [0.05, 0.1) is 13.2 Å². The molecule has 4 nitrogen and oxygen atoms in total. The second-order valence-electron chi connectivity index (χ2n) is 5.09. The summed E-state index contributed by atoms with van der Waals surface area (Å²) in [6.45, 7) is 3.46. The molecule has 2 aromatic rings. The minimum atomic E-state index is -0.158. The molecule has 2 aromatic carbocycles. The maximum atomic E-state index is 11.7. The highest BCUT2D eigenvalue weighted by molar-refractivity contribution is 9.10. The molecule has 0 radical (unpaired) electrons. The van der Waals surface area contributed by atoms with Gasteiger partial charge in [-0.3, -0.25) is 4.79 Å². The van der Waals surface area contributed by atoms with Gasteiger partial charge in [-0.15, -0.1) is 0 Å². The molecule has 0 saturated heterocycles. The molecule has 2 rings (SSSR count). The first-order valence-electron chi connectivity index (χ1n) is 7.42. The van der Waals surface area contributed by atoms with E-state index in [0.717, 1.165) is 15.6 Å². The third kappa shape index (κ3) is 6.42. The summed E-state index contributed by atoms with van der Waals surface area (Å²) in [5, 5.41) is 2.77. The second-order valence-corrected chi connectivity index (χ2v) is 5.94. The summed E-state index contributed by atoms with van der Waals surface area (Å²) in [4.78, 5) is 11.7. The first-order chi connectivity index (χ1) is 11.1. The molecule has 1 N–H and O–H groups in total. The van der Waals surface area contributed by atoms with E-state index in [-0.39, 0.29) is 12.5 Å².